The number of Topliss-reactive ketones (excluding diaryl/α,β-unsaturated/α-hetero) is 1. The summed E-state index contributed by atoms with van der Waals surface area (Å²) in [5.41, 5.74) is 7.33. The van der Waals surface area contributed by atoms with Gasteiger partial charge in [-0.05, 0) is 37.3 Å². The Morgan fingerprint density at radius 2 is 2.03 bits per heavy atom. The molecule has 1 aliphatic rings. The maximum Gasteiger partial charge on any atom is 0.250 e. The van der Waals surface area contributed by atoms with Crippen LogP contribution in [0.2, 0.25) is 0 Å². The molecule has 0 bridgehead atoms. The Labute approximate surface area is 181 Å². The molecule has 0 aliphatic carbocycles. The molecule has 2 N–H and O–H groups in total. The summed E-state index contributed by atoms with van der Waals surface area (Å²) in [7, 11) is 0. The first-order valence-electron chi connectivity index (χ1n) is 10.4. The lowest BCUT2D eigenvalue weighted by Gasteiger charge is -2.29. The van der Waals surface area contributed by atoms with Gasteiger partial charge < -0.3 is 10.6 Å². The van der Waals surface area contributed by atoms with Crippen molar-refractivity contribution in [1.29, 1.82) is 0 Å². The first-order valence-corrected chi connectivity index (χ1v) is 10.4. The Morgan fingerprint density at radius 1 is 1.26 bits per heavy atom. The van der Waals surface area contributed by atoms with Crippen molar-refractivity contribution in [1.82, 2.24) is 9.97 Å². The highest BCUT2D eigenvalue weighted by atomic mass is 16.1. The van der Waals surface area contributed by atoms with E-state index < -0.39 is 11.4 Å². The first-order chi connectivity index (χ1) is 15.0. The summed E-state index contributed by atoms with van der Waals surface area (Å²) in [5.74, 6) is -0.681. The molecule has 4 rings (SSSR count). The van der Waals surface area contributed by atoms with Gasteiger partial charge in [-0.2, -0.15) is 0 Å². The van der Waals surface area contributed by atoms with Crippen LogP contribution >= 0.6 is 0 Å². The van der Waals surface area contributed by atoms with Crippen LogP contribution in [0, 0.1) is 0 Å². The minimum Gasteiger partial charge on any atom is -0.368 e. The minimum absolute atomic E-state index is 0.0908. The van der Waals surface area contributed by atoms with Crippen LogP contribution in [0.25, 0.3) is 10.9 Å². The molecule has 7 nitrogen and oxygen atoms in total. The van der Waals surface area contributed by atoms with Crippen LogP contribution in [0.4, 0.5) is 5.69 Å². The highest BCUT2D eigenvalue weighted by Crippen LogP contribution is 2.38. The fourth-order valence-electron chi connectivity index (χ4n) is 4.53. The zero-order valence-electron chi connectivity index (χ0n) is 17.5. The number of rotatable bonds is 7. The van der Waals surface area contributed by atoms with Gasteiger partial charge >= 0.3 is 0 Å². The second kappa shape index (κ2) is 8.26. The molecule has 2 unspecified atom stereocenters. The van der Waals surface area contributed by atoms with E-state index in [-0.39, 0.29) is 11.7 Å². The van der Waals surface area contributed by atoms with Crippen molar-refractivity contribution in [2.45, 2.75) is 31.2 Å². The molecule has 1 aliphatic heterocycles. The lowest BCUT2D eigenvalue weighted by Crippen LogP contribution is -2.42. The number of nitrogens with zero attached hydrogens (tertiary/aromatic N) is 4. The maximum absolute atomic E-state index is 13.7. The molecule has 31 heavy (non-hydrogen) atoms. The average molecular weight is 415 g/mol. The third-order valence-electron chi connectivity index (χ3n) is 6.19. The van der Waals surface area contributed by atoms with E-state index in [9.17, 15) is 9.59 Å². The number of carbonyl (C=O) groups is 2. The molecular formula is C24H25N5O2. The summed E-state index contributed by atoms with van der Waals surface area (Å²) in [6.45, 7) is 6.86. The molecule has 0 radical (unpaired) electrons. The second-order valence-corrected chi connectivity index (χ2v) is 7.88. The van der Waals surface area contributed by atoms with Gasteiger partial charge in [0, 0.05) is 29.7 Å². The summed E-state index contributed by atoms with van der Waals surface area (Å²) >= 11 is 0. The van der Waals surface area contributed by atoms with E-state index in [2.05, 4.69) is 26.6 Å². The smallest absolute Gasteiger partial charge is 0.250 e. The fraction of sp³-hybridized carbons (Fsp3) is 0.292. The molecule has 3 aromatic rings. The number of hydrogen-bond acceptors (Lipinski definition) is 6. The van der Waals surface area contributed by atoms with Gasteiger partial charge in [0.2, 0.25) is 0 Å². The van der Waals surface area contributed by atoms with Gasteiger partial charge in [-0.1, -0.05) is 37.3 Å². The number of aliphatic imine (C=N–C) groups is 1. The molecular weight excluding hydrogens is 390 g/mol. The van der Waals surface area contributed by atoms with Crippen molar-refractivity contribution in [3.05, 3.63) is 66.1 Å². The van der Waals surface area contributed by atoms with Crippen molar-refractivity contribution in [2.75, 3.05) is 18.0 Å². The predicted octanol–water partition coefficient (Wildman–Crippen LogP) is 3.14. The number of benzene rings is 2. The van der Waals surface area contributed by atoms with Crippen LogP contribution in [0.5, 0.6) is 0 Å². The Balaban J connectivity index is 1.69. The fourth-order valence-corrected chi connectivity index (χ4v) is 4.53. The normalized spacial score (nSPS) is 19.3. The van der Waals surface area contributed by atoms with Crippen LogP contribution in [0.1, 0.15) is 41.6 Å². The largest absolute Gasteiger partial charge is 0.368 e. The Bertz CT molecular complexity index is 1150. The van der Waals surface area contributed by atoms with E-state index in [0.717, 1.165) is 16.6 Å². The van der Waals surface area contributed by atoms with E-state index in [1.54, 1.807) is 12.3 Å². The van der Waals surface area contributed by atoms with Gasteiger partial charge in [-0.25, -0.2) is 9.97 Å². The number of aromatic nitrogens is 2. The summed E-state index contributed by atoms with van der Waals surface area (Å²) in [4.78, 5) is 40.3. The highest BCUT2D eigenvalue weighted by molar-refractivity contribution is 6.08. The molecule has 158 valence electrons. The monoisotopic (exact) mass is 415 g/mol. The lowest BCUT2D eigenvalue weighted by molar-refractivity contribution is -0.125. The van der Waals surface area contributed by atoms with Crippen LogP contribution in [0.15, 0.2) is 60.0 Å². The number of anilines is 1. The van der Waals surface area contributed by atoms with Crippen LogP contribution in [0.3, 0.4) is 0 Å². The number of hydrogen-bond donors (Lipinski definition) is 1. The Kier molecular flexibility index (Phi) is 5.50. The third-order valence-corrected chi connectivity index (χ3v) is 6.19. The molecule has 1 saturated heterocycles. The number of nitrogens with two attached hydrogens (primary N) is 1. The molecule has 0 spiro atoms. The number of ketones is 1. The van der Waals surface area contributed by atoms with E-state index in [0.29, 0.717) is 37.0 Å². The molecule has 1 fully saturated rings. The SMILES string of the molecule is C=NC1(C(=O)C(CC)c2ccccc2)CCN(c2ccc(C(N)=O)c3ncncc23)C1. The van der Waals surface area contributed by atoms with E-state index in [1.165, 1.54) is 6.33 Å². The van der Waals surface area contributed by atoms with Gasteiger partial charge in [-0.3, -0.25) is 14.6 Å². The first kappa shape index (κ1) is 20.7. The molecule has 7 heteroatoms. The minimum atomic E-state index is -0.888. The van der Waals surface area contributed by atoms with Crippen molar-refractivity contribution in [2.24, 2.45) is 10.7 Å². The summed E-state index contributed by atoms with van der Waals surface area (Å²) in [5, 5.41) is 0.723. The summed E-state index contributed by atoms with van der Waals surface area (Å²) < 4.78 is 0. The van der Waals surface area contributed by atoms with Crippen LogP contribution in [-0.2, 0) is 4.79 Å². The Morgan fingerprint density at radius 3 is 2.71 bits per heavy atom. The quantitative estimate of drug-likeness (QED) is 0.597. The van der Waals surface area contributed by atoms with E-state index in [4.69, 9.17) is 5.73 Å². The number of amides is 1. The van der Waals surface area contributed by atoms with Crippen molar-refractivity contribution in [3.8, 4) is 0 Å². The van der Waals surface area contributed by atoms with Crippen LogP contribution < -0.4 is 10.6 Å². The maximum atomic E-state index is 13.7. The van der Waals surface area contributed by atoms with Crippen molar-refractivity contribution < 1.29 is 9.59 Å². The predicted molar refractivity (Wildman–Crippen MR) is 122 cm³/mol. The number of fused-ring (bicyclic) bond motifs is 1. The van der Waals surface area contributed by atoms with Gasteiger partial charge in [0.05, 0.1) is 17.6 Å². The summed E-state index contributed by atoms with van der Waals surface area (Å²) in [6, 6.07) is 13.3. The molecule has 1 aromatic heterocycles. The highest BCUT2D eigenvalue weighted by Gasteiger charge is 2.46. The van der Waals surface area contributed by atoms with E-state index >= 15 is 0 Å². The summed E-state index contributed by atoms with van der Waals surface area (Å²) in [6.07, 6.45) is 4.34. The third kappa shape index (κ3) is 3.56. The standard InChI is InChI=1S/C24H25N5O2/c1-3-17(16-7-5-4-6-8-16)22(30)24(26-2)11-12-29(14-24)20-10-9-18(23(25)31)21-19(20)13-27-15-28-21/h4-10,13,15,17H,2-3,11-12,14H2,1H3,(H2,25,31). The van der Waals surface area contributed by atoms with Gasteiger partial charge in [0.15, 0.2) is 5.78 Å². The average Bonchev–Trinajstić information content (AvgIpc) is 3.25. The Hall–Kier alpha value is -3.61. The lowest BCUT2D eigenvalue weighted by atomic mass is 9.80. The molecule has 2 heterocycles. The zero-order chi connectivity index (χ0) is 22.0. The molecule has 1 amide bonds. The zero-order valence-corrected chi connectivity index (χ0v) is 17.5. The van der Waals surface area contributed by atoms with Gasteiger partial charge in [0.25, 0.3) is 5.91 Å². The van der Waals surface area contributed by atoms with Crippen molar-refractivity contribution >= 4 is 35.0 Å². The van der Waals surface area contributed by atoms with Crippen molar-refractivity contribution in [3.63, 3.8) is 0 Å². The number of carbonyl (C=O) groups excluding carboxylic acids is 2. The topological polar surface area (TPSA) is 102 Å². The molecule has 2 atom stereocenters. The van der Waals surface area contributed by atoms with Gasteiger partial charge in [-0.15, -0.1) is 0 Å². The second-order valence-electron chi connectivity index (χ2n) is 7.88. The van der Waals surface area contributed by atoms with E-state index in [1.807, 2.05) is 43.3 Å². The molecule has 2 aromatic carbocycles. The number of primary amides is 1. The molecule has 0 saturated carbocycles. The van der Waals surface area contributed by atoms with Gasteiger partial charge in [0.1, 0.15) is 11.9 Å². The van der Waals surface area contributed by atoms with Crippen LogP contribution in [-0.4, -0.2) is 47.0 Å².